The number of nitrogens with one attached hydrogen (secondary N) is 1. The topological polar surface area (TPSA) is 95.9 Å². The zero-order valence-electron chi connectivity index (χ0n) is 24.6. The molecule has 0 aromatic heterocycles. The largest absolute Gasteiger partial charge is 0.479 e. The summed E-state index contributed by atoms with van der Waals surface area (Å²) in [5.74, 6) is -1.65. The van der Waals surface area contributed by atoms with Crippen molar-refractivity contribution in [1.82, 2.24) is 0 Å². The second-order valence-electron chi connectivity index (χ2n) is 12.1. The molecule has 0 radical (unpaired) electrons. The van der Waals surface area contributed by atoms with Gasteiger partial charge in [-0.2, -0.15) is 0 Å². The number of anilines is 2. The molecule has 3 aromatic carbocycles. The van der Waals surface area contributed by atoms with Gasteiger partial charge in [0.2, 0.25) is 10.0 Å². The Hall–Kier alpha value is -3.43. The Morgan fingerprint density at radius 3 is 2.37 bits per heavy atom. The van der Waals surface area contributed by atoms with E-state index in [1.165, 1.54) is 15.9 Å². The van der Waals surface area contributed by atoms with Gasteiger partial charge in [0.05, 0.1) is 24.1 Å². The number of carbonyl (C=O) groups is 1. The first-order valence-corrected chi connectivity index (χ1v) is 15.7. The monoisotopic (exact) mass is 580 g/mol. The molecule has 0 saturated heterocycles. The molecule has 218 valence electrons. The highest BCUT2D eigenvalue weighted by atomic mass is 32.2. The van der Waals surface area contributed by atoms with Crippen molar-refractivity contribution in [2.45, 2.75) is 72.6 Å². The summed E-state index contributed by atoms with van der Waals surface area (Å²) < 4.78 is 49.5. The summed E-state index contributed by atoms with van der Waals surface area (Å²) in [6.45, 7) is 11.7. The van der Waals surface area contributed by atoms with E-state index in [0.29, 0.717) is 44.6 Å². The number of aliphatic carboxylic acids is 1. The standard InChI is InChI=1S/C32H37FN2O5S/c1-17-22(14-13-20-11-9-15-34-28(17)20)24-18(2)25-27-21(10-8-12-23(27)33)16-35(41(7,38)39)29(25)19(3)26(24)30(31(36)37)40-32(4,5)6/h8,10,12-14,30,34H,9,11,15-16H2,1-7H3,(H,36,37)/t30-/m0/s1. The third-order valence-corrected chi connectivity index (χ3v) is 9.14. The first-order valence-electron chi connectivity index (χ1n) is 13.8. The molecule has 5 rings (SSSR count). The number of aryl methyl sites for hydroxylation is 1. The fourth-order valence-corrected chi connectivity index (χ4v) is 7.30. The van der Waals surface area contributed by atoms with E-state index in [0.717, 1.165) is 42.5 Å². The third kappa shape index (κ3) is 4.99. The van der Waals surface area contributed by atoms with Crippen LogP contribution in [0.15, 0.2) is 30.3 Å². The van der Waals surface area contributed by atoms with Crippen LogP contribution < -0.4 is 9.62 Å². The van der Waals surface area contributed by atoms with Crippen LogP contribution in [0.3, 0.4) is 0 Å². The van der Waals surface area contributed by atoms with Gasteiger partial charge in [-0.05, 0) is 99.4 Å². The van der Waals surface area contributed by atoms with Gasteiger partial charge in [-0.15, -0.1) is 0 Å². The predicted molar refractivity (Wildman–Crippen MR) is 161 cm³/mol. The molecule has 41 heavy (non-hydrogen) atoms. The van der Waals surface area contributed by atoms with Gasteiger partial charge in [-0.25, -0.2) is 17.6 Å². The maximum absolute atomic E-state index is 15.6. The van der Waals surface area contributed by atoms with Gasteiger partial charge in [0.1, 0.15) is 5.82 Å². The third-order valence-electron chi connectivity index (χ3n) is 8.03. The summed E-state index contributed by atoms with van der Waals surface area (Å²) in [5.41, 5.74) is 6.80. The molecule has 2 N–H and O–H groups in total. The molecule has 0 unspecified atom stereocenters. The van der Waals surface area contributed by atoms with Crippen LogP contribution in [-0.4, -0.2) is 37.9 Å². The van der Waals surface area contributed by atoms with Gasteiger partial charge in [0.15, 0.2) is 6.10 Å². The van der Waals surface area contributed by atoms with Crippen LogP contribution in [0.1, 0.15) is 66.7 Å². The van der Waals surface area contributed by atoms with Gasteiger partial charge in [-0.3, -0.25) is 4.31 Å². The predicted octanol–water partition coefficient (Wildman–Crippen LogP) is 6.66. The highest BCUT2D eigenvalue weighted by molar-refractivity contribution is 7.92. The van der Waals surface area contributed by atoms with Crippen molar-refractivity contribution in [2.75, 3.05) is 22.4 Å². The van der Waals surface area contributed by atoms with Crippen LogP contribution in [0.5, 0.6) is 0 Å². The molecule has 0 amide bonds. The van der Waals surface area contributed by atoms with Crippen molar-refractivity contribution in [2.24, 2.45) is 0 Å². The number of hydrogen-bond acceptors (Lipinski definition) is 5. The van der Waals surface area contributed by atoms with Crippen molar-refractivity contribution >= 4 is 27.4 Å². The molecule has 1 atom stereocenters. The van der Waals surface area contributed by atoms with Crippen LogP contribution in [0, 0.1) is 26.6 Å². The number of ether oxygens (including phenoxy) is 1. The van der Waals surface area contributed by atoms with E-state index in [1.807, 2.05) is 19.9 Å². The molecule has 0 bridgehead atoms. The minimum Gasteiger partial charge on any atom is -0.479 e. The quantitative estimate of drug-likeness (QED) is 0.350. The van der Waals surface area contributed by atoms with Crippen LogP contribution >= 0.6 is 0 Å². The lowest BCUT2D eigenvalue weighted by Crippen LogP contribution is -2.35. The summed E-state index contributed by atoms with van der Waals surface area (Å²) in [7, 11) is -3.82. The molecule has 3 aromatic rings. The molecule has 7 nitrogen and oxygen atoms in total. The number of carboxylic acid groups (broad SMARTS) is 1. The number of hydrogen-bond donors (Lipinski definition) is 2. The molecular weight excluding hydrogens is 543 g/mol. The number of carboxylic acids is 1. The van der Waals surface area contributed by atoms with Gasteiger partial charge in [0, 0.05) is 28.9 Å². The van der Waals surface area contributed by atoms with Crippen LogP contribution in [0.2, 0.25) is 0 Å². The summed E-state index contributed by atoms with van der Waals surface area (Å²) in [6, 6.07) is 8.73. The Balaban J connectivity index is 1.98. The SMILES string of the molecule is Cc1c(-c2c(C)c3c(c(C)c2[C@H](OC(C)(C)C)C(=O)O)N(S(C)(=O)=O)Cc2cccc(F)c2-3)ccc2c1NCCC2. The number of benzene rings is 3. The van der Waals surface area contributed by atoms with Gasteiger partial charge in [0.25, 0.3) is 0 Å². The summed E-state index contributed by atoms with van der Waals surface area (Å²) >= 11 is 0. The van der Waals surface area contributed by atoms with Gasteiger partial charge >= 0.3 is 5.97 Å². The molecule has 2 aliphatic rings. The molecule has 0 saturated carbocycles. The van der Waals surface area contributed by atoms with Crippen molar-refractivity contribution in [1.29, 1.82) is 0 Å². The number of halogens is 1. The molecule has 9 heteroatoms. The van der Waals surface area contributed by atoms with Gasteiger partial charge in [-0.1, -0.05) is 24.3 Å². The fourth-order valence-electron chi connectivity index (χ4n) is 6.37. The molecular formula is C32H37FN2O5S. The molecule has 2 heterocycles. The molecule has 0 spiro atoms. The number of nitrogens with zero attached hydrogens (tertiary/aromatic N) is 1. The number of sulfonamides is 1. The second kappa shape index (κ2) is 10.1. The lowest BCUT2D eigenvalue weighted by Gasteiger charge is -2.37. The first-order chi connectivity index (χ1) is 19.1. The minimum absolute atomic E-state index is 0.0579. The zero-order valence-corrected chi connectivity index (χ0v) is 25.4. The highest BCUT2D eigenvalue weighted by Gasteiger charge is 2.39. The summed E-state index contributed by atoms with van der Waals surface area (Å²) in [5, 5.41) is 14.0. The summed E-state index contributed by atoms with van der Waals surface area (Å²) in [4.78, 5) is 12.9. The maximum Gasteiger partial charge on any atom is 0.337 e. The summed E-state index contributed by atoms with van der Waals surface area (Å²) in [6.07, 6.45) is 1.67. The Morgan fingerprint density at radius 1 is 1.02 bits per heavy atom. The maximum atomic E-state index is 15.6. The Labute approximate surface area is 241 Å². The van der Waals surface area contributed by atoms with E-state index in [-0.39, 0.29) is 6.54 Å². The van der Waals surface area contributed by atoms with Crippen molar-refractivity contribution in [3.8, 4) is 22.3 Å². The van der Waals surface area contributed by atoms with Crippen LogP contribution in [0.4, 0.5) is 15.8 Å². The lowest BCUT2D eigenvalue weighted by atomic mass is 9.78. The lowest BCUT2D eigenvalue weighted by molar-refractivity contribution is -0.160. The van der Waals surface area contributed by atoms with Crippen molar-refractivity contribution in [3.05, 3.63) is 69.5 Å². The Bertz CT molecular complexity index is 1690. The number of rotatable bonds is 5. The van der Waals surface area contributed by atoms with E-state index >= 15 is 4.39 Å². The molecule has 2 aliphatic heterocycles. The molecule has 0 fully saturated rings. The van der Waals surface area contributed by atoms with Gasteiger partial charge < -0.3 is 15.2 Å². The van der Waals surface area contributed by atoms with E-state index in [1.54, 1.807) is 39.8 Å². The smallest absolute Gasteiger partial charge is 0.337 e. The van der Waals surface area contributed by atoms with Crippen LogP contribution in [0.25, 0.3) is 22.3 Å². The van der Waals surface area contributed by atoms with Crippen LogP contribution in [-0.2, 0) is 32.5 Å². The average molecular weight is 581 g/mol. The minimum atomic E-state index is -3.82. The fraction of sp³-hybridized carbons (Fsp3) is 0.406. The normalized spacial score (nSPS) is 15.5. The zero-order chi connectivity index (χ0) is 30.0. The Kier molecular flexibility index (Phi) is 7.19. The van der Waals surface area contributed by atoms with E-state index in [9.17, 15) is 18.3 Å². The highest BCUT2D eigenvalue weighted by Crippen LogP contribution is 2.53. The average Bonchev–Trinajstić information content (AvgIpc) is 2.88. The first kappa shape index (κ1) is 29.1. The Morgan fingerprint density at radius 2 is 1.73 bits per heavy atom. The van der Waals surface area contributed by atoms with Crippen molar-refractivity contribution < 1.29 is 27.4 Å². The molecule has 0 aliphatic carbocycles. The van der Waals surface area contributed by atoms with E-state index < -0.39 is 33.5 Å². The van der Waals surface area contributed by atoms with E-state index in [2.05, 4.69) is 11.4 Å². The van der Waals surface area contributed by atoms with E-state index in [4.69, 9.17) is 4.74 Å². The van der Waals surface area contributed by atoms with Crippen molar-refractivity contribution in [3.63, 3.8) is 0 Å². The number of fused-ring (bicyclic) bond motifs is 4. The second-order valence-corrected chi connectivity index (χ2v) is 14.0.